The molecule has 0 aliphatic heterocycles. The molecule has 0 amide bonds. The minimum absolute atomic E-state index is 0.189. The highest BCUT2D eigenvalue weighted by Crippen LogP contribution is 2.20. The molecular weight excluding hydrogens is 213 g/mol. The van der Waals surface area contributed by atoms with E-state index in [0.29, 0.717) is 6.54 Å². The maximum Gasteiger partial charge on any atom is 0.272 e. The van der Waals surface area contributed by atoms with Crippen molar-refractivity contribution in [2.24, 2.45) is 0 Å². The lowest BCUT2D eigenvalue weighted by atomic mass is 10.2. The Labute approximate surface area is 92.8 Å². The molecule has 1 unspecified atom stereocenters. The van der Waals surface area contributed by atoms with Crippen LogP contribution in [0.25, 0.3) is 0 Å². The summed E-state index contributed by atoms with van der Waals surface area (Å²) in [6.45, 7) is 2.49. The van der Waals surface area contributed by atoms with Crippen molar-refractivity contribution < 1.29 is 9.31 Å². The van der Waals surface area contributed by atoms with Crippen molar-refractivity contribution in [3.05, 3.63) is 34.1 Å². The SMILES string of the molecule is CNC(C)CNc1ccc([N+](=O)[O-])cc1F. The second-order valence-corrected chi connectivity index (χ2v) is 3.49. The Morgan fingerprint density at radius 3 is 2.75 bits per heavy atom. The van der Waals surface area contributed by atoms with Crippen LogP contribution in [0.4, 0.5) is 15.8 Å². The molecular formula is C10H14FN3O2. The Hall–Kier alpha value is -1.69. The number of likely N-dealkylation sites (N-methyl/N-ethyl adjacent to an activating group) is 1. The molecule has 6 heteroatoms. The van der Waals surface area contributed by atoms with E-state index in [1.807, 2.05) is 6.92 Å². The van der Waals surface area contributed by atoms with E-state index in [2.05, 4.69) is 10.6 Å². The van der Waals surface area contributed by atoms with Gasteiger partial charge in [0.25, 0.3) is 5.69 Å². The number of hydrogen-bond donors (Lipinski definition) is 2. The molecule has 0 saturated heterocycles. The first-order valence-electron chi connectivity index (χ1n) is 4.89. The highest BCUT2D eigenvalue weighted by Gasteiger charge is 2.10. The van der Waals surface area contributed by atoms with Crippen LogP contribution < -0.4 is 10.6 Å². The van der Waals surface area contributed by atoms with Crippen LogP contribution in [0.3, 0.4) is 0 Å². The van der Waals surface area contributed by atoms with Crippen LogP contribution in [-0.4, -0.2) is 24.6 Å². The molecule has 0 aliphatic carbocycles. The number of rotatable bonds is 5. The fraction of sp³-hybridized carbons (Fsp3) is 0.400. The van der Waals surface area contributed by atoms with Crippen LogP contribution in [0.15, 0.2) is 18.2 Å². The molecule has 0 saturated carbocycles. The third-order valence-electron chi connectivity index (χ3n) is 2.25. The summed E-state index contributed by atoms with van der Waals surface area (Å²) >= 11 is 0. The molecule has 0 spiro atoms. The Balaban J connectivity index is 2.72. The van der Waals surface area contributed by atoms with Gasteiger partial charge in [0, 0.05) is 18.7 Å². The number of nitrogens with zero attached hydrogens (tertiary/aromatic N) is 1. The maximum absolute atomic E-state index is 13.4. The van der Waals surface area contributed by atoms with Crippen molar-refractivity contribution in [1.29, 1.82) is 0 Å². The van der Waals surface area contributed by atoms with Gasteiger partial charge in [0.1, 0.15) is 0 Å². The van der Waals surface area contributed by atoms with E-state index in [0.717, 1.165) is 6.07 Å². The van der Waals surface area contributed by atoms with Crippen LogP contribution in [-0.2, 0) is 0 Å². The van der Waals surface area contributed by atoms with Gasteiger partial charge in [-0.25, -0.2) is 4.39 Å². The van der Waals surface area contributed by atoms with Crippen molar-refractivity contribution in [3.63, 3.8) is 0 Å². The van der Waals surface area contributed by atoms with Gasteiger partial charge in [0.2, 0.25) is 0 Å². The summed E-state index contributed by atoms with van der Waals surface area (Å²) in [5, 5.41) is 16.2. The van der Waals surface area contributed by atoms with E-state index >= 15 is 0 Å². The van der Waals surface area contributed by atoms with Crippen molar-refractivity contribution in [1.82, 2.24) is 5.32 Å². The van der Waals surface area contributed by atoms with Crippen LogP contribution in [0.1, 0.15) is 6.92 Å². The topological polar surface area (TPSA) is 67.2 Å². The molecule has 16 heavy (non-hydrogen) atoms. The number of benzene rings is 1. The highest BCUT2D eigenvalue weighted by molar-refractivity contribution is 5.50. The van der Waals surface area contributed by atoms with Gasteiger partial charge in [-0.3, -0.25) is 10.1 Å². The Morgan fingerprint density at radius 1 is 1.56 bits per heavy atom. The van der Waals surface area contributed by atoms with Gasteiger partial charge in [-0.2, -0.15) is 0 Å². The van der Waals surface area contributed by atoms with Gasteiger partial charge in [0.05, 0.1) is 16.7 Å². The molecule has 1 aromatic carbocycles. The number of nitro groups is 1. The number of nitro benzene ring substituents is 1. The first-order valence-corrected chi connectivity index (χ1v) is 4.89. The van der Waals surface area contributed by atoms with Gasteiger partial charge in [-0.05, 0) is 20.0 Å². The highest BCUT2D eigenvalue weighted by atomic mass is 19.1. The van der Waals surface area contributed by atoms with Gasteiger partial charge in [-0.1, -0.05) is 0 Å². The first-order chi connectivity index (χ1) is 7.54. The quantitative estimate of drug-likeness (QED) is 0.594. The molecule has 5 nitrogen and oxygen atoms in total. The third kappa shape index (κ3) is 3.16. The lowest BCUT2D eigenvalue weighted by Gasteiger charge is -2.12. The third-order valence-corrected chi connectivity index (χ3v) is 2.25. The number of anilines is 1. The van der Waals surface area contributed by atoms with Gasteiger partial charge in [0.15, 0.2) is 5.82 Å². The minimum Gasteiger partial charge on any atom is -0.381 e. The second-order valence-electron chi connectivity index (χ2n) is 3.49. The summed E-state index contributed by atoms with van der Waals surface area (Å²) in [5.41, 5.74) is 0.0254. The van der Waals surface area contributed by atoms with Crippen LogP contribution in [0.2, 0.25) is 0 Å². The summed E-state index contributed by atoms with van der Waals surface area (Å²) in [6, 6.07) is 3.74. The predicted molar refractivity (Wildman–Crippen MR) is 60.1 cm³/mol. The average molecular weight is 227 g/mol. The zero-order valence-corrected chi connectivity index (χ0v) is 9.16. The van der Waals surface area contributed by atoms with Crippen LogP contribution >= 0.6 is 0 Å². The molecule has 1 rings (SSSR count). The van der Waals surface area contributed by atoms with Crippen LogP contribution in [0.5, 0.6) is 0 Å². The van der Waals surface area contributed by atoms with Crippen molar-refractivity contribution >= 4 is 11.4 Å². The molecule has 0 bridgehead atoms. The molecule has 0 radical (unpaired) electrons. The second kappa shape index (κ2) is 5.41. The number of nitrogens with one attached hydrogen (secondary N) is 2. The Morgan fingerprint density at radius 2 is 2.25 bits per heavy atom. The fourth-order valence-corrected chi connectivity index (χ4v) is 1.13. The summed E-state index contributed by atoms with van der Waals surface area (Å²) in [4.78, 5) is 9.76. The molecule has 0 heterocycles. The summed E-state index contributed by atoms with van der Waals surface area (Å²) in [6.07, 6.45) is 0. The number of hydrogen-bond acceptors (Lipinski definition) is 4. The standard InChI is InChI=1S/C10H14FN3O2/c1-7(12-2)6-13-10-4-3-8(14(15)16)5-9(10)11/h3-5,7,12-13H,6H2,1-2H3. The summed E-state index contributed by atoms with van der Waals surface area (Å²) in [7, 11) is 1.80. The Bertz CT molecular complexity index is 384. The van der Waals surface area contributed by atoms with Gasteiger partial charge >= 0.3 is 0 Å². The van der Waals surface area contributed by atoms with Crippen molar-refractivity contribution in [2.45, 2.75) is 13.0 Å². The molecule has 0 aromatic heterocycles. The van der Waals surface area contributed by atoms with Crippen LogP contribution in [0, 0.1) is 15.9 Å². The molecule has 0 fully saturated rings. The van der Waals surface area contributed by atoms with Gasteiger partial charge < -0.3 is 10.6 Å². The first kappa shape index (κ1) is 12.4. The number of non-ortho nitro benzene ring substituents is 1. The maximum atomic E-state index is 13.4. The van der Waals surface area contributed by atoms with E-state index in [9.17, 15) is 14.5 Å². The molecule has 2 N–H and O–H groups in total. The van der Waals surface area contributed by atoms with E-state index in [1.54, 1.807) is 7.05 Å². The van der Waals surface area contributed by atoms with E-state index < -0.39 is 10.7 Å². The van der Waals surface area contributed by atoms with Crippen molar-refractivity contribution in [2.75, 3.05) is 18.9 Å². The predicted octanol–water partition coefficient (Wildman–Crippen LogP) is 1.75. The molecule has 1 atom stereocenters. The smallest absolute Gasteiger partial charge is 0.272 e. The van der Waals surface area contributed by atoms with E-state index in [4.69, 9.17) is 0 Å². The lowest BCUT2D eigenvalue weighted by Crippen LogP contribution is -2.29. The largest absolute Gasteiger partial charge is 0.381 e. The minimum atomic E-state index is -0.622. The van der Waals surface area contributed by atoms with Gasteiger partial charge in [-0.15, -0.1) is 0 Å². The van der Waals surface area contributed by atoms with E-state index in [-0.39, 0.29) is 17.4 Å². The summed E-state index contributed by atoms with van der Waals surface area (Å²) in [5.74, 6) is -0.613. The zero-order valence-electron chi connectivity index (χ0n) is 9.16. The molecule has 0 aliphatic rings. The van der Waals surface area contributed by atoms with E-state index in [1.165, 1.54) is 12.1 Å². The fourth-order valence-electron chi connectivity index (χ4n) is 1.13. The summed E-state index contributed by atoms with van der Waals surface area (Å²) < 4.78 is 13.4. The lowest BCUT2D eigenvalue weighted by molar-refractivity contribution is -0.385. The Kier molecular flexibility index (Phi) is 4.19. The normalized spacial score (nSPS) is 12.2. The molecule has 1 aromatic rings. The average Bonchev–Trinajstić information content (AvgIpc) is 2.26. The van der Waals surface area contributed by atoms with Crippen molar-refractivity contribution in [3.8, 4) is 0 Å². The monoisotopic (exact) mass is 227 g/mol. The number of halogens is 1. The zero-order chi connectivity index (χ0) is 12.1. The molecule has 88 valence electrons.